The quantitative estimate of drug-likeness (QED) is 0.889. The Morgan fingerprint density at radius 1 is 1.28 bits per heavy atom. The molecule has 2 N–H and O–H groups in total. The van der Waals surface area contributed by atoms with Gasteiger partial charge in [0, 0.05) is 18.2 Å². The molecule has 0 aromatic heterocycles. The maximum absolute atomic E-state index is 6.21. The second-order valence-electron chi connectivity index (χ2n) is 5.51. The van der Waals surface area contributed by atoms with Gasteiger partial charge in [0.05, 0.1) is 7.11 Å². The van der Waals surface area contributed by atoms with E-state index in [4.69, 9.17) is 15.2 Å². The smallest absolute Gasteiger partial charge is 0.127 e. The van der Waals surface area contributed by atoms with Crippen LogP contribution in [0.3, 0.4) is 0 Å². The number of benzene rings is 1. The van der Waals surface area contributed by atoms with E-state index in [1.807, 2.05) is 18.2 Å². The highest BCUT2D eigenvalue weighted by Gasteiger charge is 2.41. The molecule has 3 unspecified atom stereocenters. The third-order valence-corrected chi connectivity index (χ3v) is 4.45. The average molecular weight is 247 g/mol. The van der Waals surface area contributed by atoms with Crippen molar-refractivity contribution in [1.82, 2.24) is 0 Å². The SMILES string of the molecule is COc1ccc(CN)c(OC2CC3CCC2C3)c1. The Hall–Kier alpha value is -1.22. The highest BCUT2D eigenvalue weighted by Crippen LogP contribution is 2.46. The first-order valence-corrected chi connectivity index (χ1v) is 6.83. The van der Waals surface area contributed by atoms with Crippen molar-refractivity contribution in [1.29, 1.82) is 0 Å². The lowest BCUT2D eigenvalue weighted by Gasteiger charge is -2.24. The zero-order chi connectivity index (χ0) is 12.5. The van der Waals surface area contributed by atoms with Crippen molar-refractivity contribution < 1.29 is 9.47 Å². The van der Waals surface area contributed by atoms with Gasteiger partial charge in [-0.1, -0.05) is 6.07 Å². The summed E-state index contributed by atoms with van der Waals surface area (Å²) in [6, 6.07) is 5.91. The number of methoxy groups -OCH3 is 1. The third kappa shape index (κ3) is 2.07. The summed E-state index contributed by atoms with van der Waals surface area (Å²) >= 11 is 0. The fraction of sp³-hybridized carbons (Fsp3) is 0.600. The number of ether oxygens (including phenoxy) is 2. The molecule has 98 valence electrons. The molecule has 18 heavy (non-hydrogen) atoms. The van der Waals surface area contributed by atoms with Crippen LogP contribution in [0, 0.1) is 11.8 Å². The highest BCUT2D eigenvalue weighted by atomic mass is 16.5. The van der Waals surface area contributed by atoms with Gasteiger partial charge < -0.3 is 15.2 Å². The summed E-state index contributed by atoms with van der Waals surface area (Å²) in [5, 5.41) is 0. The van der Waals surface area contributed by atoms with Crippen LogP contribution in [0.15, 0.2) is 18.2 Å². The van der Waals surface area contributed by atoms with E-state index in [9.17, 15) is 0 Å². The largest absolute Gasteiger partial charge is 0.497 e. The molecular formula is C15H21NO2. The Morgan fingerprint density at radius 2 is 2.17 bits per heavy atom. The molecule has 0 heterocycles. The first kappa shape index (κ1) is 11.8. The first-order valence-electron chi connectivity index (χ1n) is 6.83. The topological polar surface area (TPSA) is 44.5 Å². The summed E-state index contributed by atoms with van der Waals surface area (Å²) in [5.41, 5.74) is 6.84. The van der Waals surface area contributed by atoms with E-state index >= 15 is 0 Å². The van der Waals surface area contributed by atoms with Gasteiger partial charge in [-0.05, 0) is 43.6 Å². The van der Waals surface area contributed by atoms with Crippen LogP contribution in [0.1, 0.15) is 31.2 Å². The number of fused-ring (bicyclic) bond motifs is 2. The van der Waals surface area contributed by atoms with Gasteiger partial charge in [0.2, 0.25) is 0 Å². The summed E-state index contributed by atoms with van der Waals surface area (Å²) in [7, 11) is 1.68. The lowest BCUT2D eigenvalue weighted by atomic mass is 9.97. The predicted molar refractivity (Wildman–Crippen MR) is 70.7 cm³/mol. The molecule has 0 amide bonds. The molecule has 2 bridgehead atoms. The van der Waals surface area contributed by atoms with Crippen LogP contribution in [-0.2, 0) is 6.54 Å². The number of hydrogen-bond acceptors (Lipinski definition) is 3. The van der Waals surface area contributed by atoms with Gasteiger partial charge in [-0.15, -0.1) is 0 Å². The van der Waals surface area contributed by atoms with Crippen LogP contribution < -0.4 is 15.2 Å². The van der Waals surface area contributed by atoms with Crippen LogP contribution in [0.25, 0.3) is 0 Å². The zero-order valence-corrected chi connectivity index (χ0v) is 10.9. The Balaban J connectivity index is 1.78. The Kier molecular flexibility index (Phi) is 3.16. The lowest BCUT2D eigenvalue weighted by molar-refractivity contribution is 0.136. The van der Waals surface area contributed by atoms with E-state index in [-0.39, 0.29) is 0 Å². The van der Waals surface area contributed by atoms with Crippen molar-refractivity contribution in [3.8, 4) is 11.5 Å². The van der Waals surface area contributed by atoms with Gasteiger partial charge in [-0.3, -0.25) is 0 Å². The molecule has 3 atom stereocenters. The summed E-state index contributed by atoms with van der Waals surface area (Å²) in [6.45, 7) is 0.514. The minimum atomic E-state index is 0.390. The van der Waals surface area contributed by atoms with E-state index < -0.39 is 0 Å². The third-order valence-electron chi connectivity index (χ3n) is 4.45. The molecule has 3 rings (SSSR count). The van der Waals surface area contributed by atoms with E-state index in [2.05, 4.69) is 0 Å². The van der Waals surface area contributed by atoms with Gasteiger partial charge in [-0.25, -0.2) is 0 Å². The van der Waals surface area contributed by atoms with Crippen LogP contribution in [0.2, 0.25) is 0 Å². The Morgan fingerprint density at radius 3 is 2.78 bits per heavy atom. The fourth-order valence-corrected chi connectivity index (χ4v) is 3.43. The van der Waals surface area contributed by atoms with Gasteiger partial charge in [0.1, 0.15) is 17.6 Å². The van der Waals surface area contributed by atoms with Gasteiger partial charge in [0.15, 0.2) is 0 Å². The van der Waals surface area contributed by atoms with E-state index in [1.54, 1.807) is 7.11 Å². The molecule has 2 fully saturated rings. The van der Waals surface area contributed by atoms with E-state index in [0.29, 0.717) is 12.6 Å². The maximum atomic E-state index is 6.21. The molecule has 0 spiro atoms. The van der Waals surface area contributed by atoms with Gasteiger partial charge in [-0.2, -0.15) is 0 Å². The van der Waals surface area contributed by atoms with Crippen LogP contribution in [-0.4, -0.2) is 13.2 Å². The summed E-state index contributed by atoms with van der Waals surface area (Å²) in [4.78, 5) is 0. The van der Waals surface area contributed by atoms with Crippen molar-refractivity contribution in [3.63, 3.8) is 0 Å². The molecule has 1 aromatic rings. The molecule has 3 nitrogen and oxygen atoms in total. The minimum Gasteiger partial charge on any atom is -0.497 e. The van der Waals surface area contributed by atoms with Crippen LogP contribution >= 0.6 is 0 Å². The van der Waals surface area contributed by atoms with Gasteiger partial charge in [0.25, 0.3) is 0 Å². The Bertz CT molecular complexity index is 433. The minimum absolute atomic E-state index is 0.390. The number of nitrogens with two attached hydrogens (primary N) is 1. The van der Waals surface area contributed by atoms with Crippen molar-refractivity contribution in [2.24, 2.45) is 17.6 Å². The van der Waals surface area contributed by atoms with Gasteiger partial charge >= 0.3 is 0 Å². The zero-order valence-electron chi connectivity index (χ0n) is 10.9. The molecule has 2 saturated carbocycles. The molecular weight excluding hydrogens is 226 g/mol. The summed E-state index contributed by atoms with van der Waals surface area (Å²) in [6.07, 6.45) is 5.68. The highest BCUT2D eigenvalue weighted by molar-refractivity contribution is 5.41. The molecule has 2 aliphatic carbocycles. The second kappa shape index (κ2) is 4.81. The van der Waals surface area contributed by atoms with Crippen molar-refractivity contribution in [2.75, 3.05) is 7.11 Å². The monoisotopic (exact) mass is 247 g/mol. The van der Waals surface area contributed by atoms with E-state index in [1.165, 1.54) is 25.7 Å². The van der Waals surface area contributed by atoms with E-state index in [0.717, 1.165) is 28.9 Å². The molecule has 0 saturated heterocycles. The number of hydrogen-bond donors (Lipinski definition) is 1. The van der Waals surface area contributed by atoms with Crippen LogP contribution in [0.4, 0.5) is 0 Å². The Labute approximate surface area is 108 Å². The molecule has 0 radical (unpaired) electrons. The second-order valence-corrected chi connectivity index (χ2v) is 5.51. The summed E-state index contributed by atoms with van der Waals surface area (Å²) < 4.78 is 11.5. The normalized spacial score (nSPS) is 29.6. The molecule has 1 aromatic carbocycles. The first-order chi connectivity index (χ1) is 8.80. The van der Waals surface area contributed by atoms with Crippen molar-refractivity contribution >= 4 is 0 Å². The lowest BCUT2D eigenvalue weighted by Crippen LogP contribution is -2.24. The van der Waals surface area contributed by atoms with Crippen molar-refractivity contribution in [2.45, 2.75) is 38.3 Å². The maximum Gasteiger partial charge on any atom is 0.127 e. The summed E-state index contributed by atoms with van der Waals surface area (Å²) in [5.74, 6) is 3.40. The standard InChI is InChI=1S/C15H21NO2/c1-17-13-5-4-12(9-16)15(8-13)18-14-7-10-2-3-11(14)6-10/h4-5,8,10-11,14H,2-3,6-7,9,16H2,1H3. The van der Waals surface area contributed by atoms with Crippen molar-refractivity contribution in [3.05, 3.63) is 23.8 Å². The fourth-order valence-electron chi connectivity index (χ4n) is 3.43. The number of rotatable bonds is 4. The predicted octanol–water partition coefficient (Wildman–Crippen LogP) is 2.72. The molecule has 3 heteroatoms. The molecule has 2 aliphatic rings. The molecule has 0 aliphatic heterocycles. The van der Waals surface area contributed by atoms with Crippen LogP contribution in [0.5, 0.6) is 11.5 Å². The average Bonchev–Trinajstić information content (AvgIpc) is 3.01.